The van der Waals surface area contributed by atoms with Crippen molar-refractivity contribution in [2.75, 3.05) is 18.9 Å². The highest BCUT2D eigenvalue weighted by Gasteiger charge is 2.07. The maximum atomic E-state index is 5.94. The standard InChI is InChI=1S/C14H21N3O/c1-10(2)9-18-7-6-17-13-8-11(3)4-5-12(13)16-14(17)15/h4-5,8,10H,6-7,9H2,1-3H3,(H2,15,16). The van der Waals surface area contributed by atoms with Gasteiger partial charge in [0.15, 0.2) is 0 Å². The van der Waals surface area contributed by atoms with Gasteiger partial charge in [0.05, 0.1) is 17.6 Å². The number of nitrogen functional groups attached to an aromatic ring is 1. The van der Waals surface area contributed by atoms with Gasteiger partial charge in [-0.25, -0.2) is 4.98 Å². The van der Waals surface area contributed by atoms with Crippen LogP contribution in [0.25, 0.3) is 11.0 Å². The summed E-state index contributed by atoms with van der Waals surface area (Å²) in [6.07, 6.45) is 0. The van der Waals surface area contributed by atoms with Crippen LogP contribution in [0.2, 0.25) is 0 Å². The molecule has 0 saturated carbocycles. The molecule has 0 saturated heterocycles. The number of aromatic nitrogens is 2. The highest BCUT2D eigenvalue weighted by atomic mass is 16.5. The van der Waals surface area contributed by atoms with E-state index >= 15 is 0 Å². The summed E-state index contributed by atoms with van der Waals surface area (Å²) < 4.78 is 7.61. The minimum absolute atomic E-state index is 0.559. The summed E-state index contributed by atoms with van der Waals surface area (Å²) in [5.41, 5.74) is 9.19. The summed E-state index contributed by atoms with van der Waals surface area (Å²) in [6.45, 7) is 8.56. The average molecular weight is 247 g/mol. The van der Waals surface area contributed by atoms with E-state index in [9.17, 15) is 0 Å². The predicted octanol–water partition coefficient (Wildman–Crippen LogP) is 2.60. The maximum absolute atomic E-state index is 5.94. The van der Waals surface area contributed by atoms with Crippen molar-refractivity contribution < 1.29 is 4.74 Å². The maximum Gasteiger partial charge on any atom is 0.201 e. The minimum atomic E-state index is 0.559. The van der Waals surface area contributed by atoms with Crippen molar-refractivity contribution in [2.24, 2.45) is 5.92 Å². The molecule has 0 radical (unpaired) electrons. The molecule has 18 heavy (non-hydrogen) atoms. The summed E-state index contributed by atoms with van der Waals surface area (Å²) in [4.78, 5) is 4.35. The highest BCUT2D eigenvalue weighted by molar-refractivity contribution is 5.79. The predicted molar refractivity (Wildman–Crippen MR) is 74.5 cm³/mol. The van der Waals surface area contributed by atoms with Gasteiger partial charge in [-0.15, -0.1) is 0 Å². The number of ether oxygens (including phenoxy) is 1. The summed E-state index contributed by atoms with van der Waals surface area (Å²) in [6, 6.07) is 6.17. The fraction of sp³-hybridized carbons (Fsp3) is 0.500. The van der Waals surface area contributed by atoms with Crippen LogP contribution in [-0.2, 0) is 11.3 Å². The molecule has 2 N–H and O–H groups in total. The van der Waals surface area contributed by atoms with E-state index in [2.05, 4.69) is 31.8 Å². The van der Waals surface area contributed by atoms with E-state index < -0.39 is 0 Å². The topological polar surface area (TPSA) is 53.1 Å². The molecule has 1 aromatic carbocycles. The normalized spacial score (nSPS) is 11.6. The van der Waals surface area contributed by atoms with Gasteiger partial charge in [0.25, 0.3) is 0 Å². The van der Waals surface area contributed by atoms with E-state index in [4.69, 9.17) is 10.5 Å². The van der Waals surface area contributed by atoms with Gasteiger partial charge in [-0.05, 0) is 30.5 Å². The molecule has 0 aliphatic carbocycles. The molecule has 2 rings (SSSR count). The minimum Gasteiger partial charge on any atom is -0.379 e. The Labute approximate surface area is 108 Å². The van der Waals surface area contributed by atoms with Crippen LogP contribution >= 0.6 is 0 Å². The van der Waals surface area contributed by atoms with Gasteiger partial charge >= 0.3 is 0 Å². The smallest absolute Gasteiger partial charge is 0.201 e. The lowest BCUT2D eigenvalue weighted by Gasteiger charge is -2.09. The van der Waals surface area contributed by atoms with Gasteiger partial charge in [-0.2, -0.15) is 0 Å². The molecule has 98 valence electrons. The summed E-state index contributed by atoms with van der Waals surface area (Å²) >= 11 is 0. The zero-order valence-electron chi connectivity index (χ0n) is 11.3. The quantitative estimate of drug-likeness (QED) is 0.826. The SMILES string of the molecule is Cc1ccc2nc(N)n(CCOCC(C)C)c2c1. The zero-order chi connectivity index (χ0) is 13.1. The first-order valence-corrected chi connectivity index (χ1v) is 6.38. The van der Waals surface area contributed by atoms with E-state index in [1.54, 1.807) is 0 Å². The van der Waals surface area contributed by atoms with Crippen LogP contribution < -0.4 is 5.73 Å². The molecule has 0 aliphatic heterocycles. The van der Waals surface area contributed by atoms with Crippen LogP contribution in [0, 0.1) is 12.8 Å². The first-order chi connectivity index (χ1) is 8.58. The van der Waals surface area contributed by atoms with Crippen LogP contribution in [0.4, 0.5) is 5.95 Å². The van der Waals surface area contributed by atoms with Gasteiger partial charge in [-0.1, -0.05) is 19.9 Å². The number of rotatable bonds is 5. The molecule has 0 spiro atoms. The number of fused-ring (bicyclic) bond motifs is 1. The second-order valence-electron chi connectivity index (χ2n) is 5.08. The largest absolute Gasteiger partial charge is 0.379 e. The number of anilines is 1. The monoisotopic (exact) mass is 247 g/mol. The Hall–Kier alpha value is -1.55. The van der Waals surface area contributed by atoms with E-state index in [0.717, 1.165) is 24.2 Å². The number of benzene rings is 1. The number of nitrogens with zero attached hydrogens (tertiary/aromatic N) is 2. The molecular formula is C14H21N3O. The first kappa shape index (κ1) is 12.9. The van der Waals surface area contributed by atoms with E-state index in [-0.39, 0.29) is 0 Å². The Morgan fingerprint density at radius 1 is 1.39 bits per heavy atom. The third-order valence-corrected chi connectivity index (χ3v) is 2.84. The fourth-order valence-electron chi connectivity index (χ4n) is 1.96. The number of hydrogen-bond acceptors (Lipinski definition) is 3. The number of hydrogen-bond donors (Lipinski definition) is 1. The van der Waals surface area contributed by atoms with Gasteiger partial charge < -0.3 is 15.0 Å². The Kier molecular flexibility index (Phi) is 3.87. The third-order valence-electron chi connectivity index (χ3n) is 2.84. The average Bonchev–Trinajstić information content (AvgIpc) is 2.60. The highest BCUT2D eigenvalue weighted by Crippen LogP contribution is 2.19. The Morgan fingerprint density at radius 2 is 2.17 bits per heavy atom. The van der Waals surface area contributed by atoms with Gasteiger partial charge in [0.2, 0.25) is 5.95 Å². The lowest BCUT2D eigenvalue weighted by atomic mass is 10.2. The molecule has 4 heteroatoms. The molecule has 4 nitrogen and oxygen atoms in total. The molecule has 1 aromatic heterocycles. The molecule has 0 bridgehead atoms. The van der Waals surface area contributed by atoms with Gasteiger partial charge in [0, 0.05) is 13.2 Å². The second-order valence-corrected chi connectivity index (χ2v) is 5.08. The van der Waals surface area contributed by atoms with Crippen molar-refractivity contribution in [1.82, 2.24) is 9.55 Å². The molecule has 0 aliphatic rings. The fourth-order valence-corrected chi connectivity index (χ4v) is 1.96. The molecule has 0 unspecified atom stereocenters. The Bertz CT molecular complexity index is 531. The number of aryl methyl sites for hydroxylation is 1. The summed E-state index contributed by atoms with van der Waals surface area (Å²) in [5.74, 6) is 1.12. The second kappa shape index (κ2) is 5.40. The van der Waals surface area contributed by atoms with Crippen molar-refractivity contribution in [1.29, 1.82) is 0 Å². The molecule has 0 atom stereocenters. The lowest BCUT2D eigenvalue weighted by molar-refractivity contribution is 0.104. The van der Waals surface area contributed by atoms with Crippen LogP contribution in [0.3, 0.4) is 0 Å². The summed E-state index contributed by atoms with van der Waals surface area (Å²) in [7, 11) is 0. The van der Waals surface area contributed by atoms with Crippen molar-refractivity contribution in [3.05, 3.63) is 23.8 Å². The molecule has 1 heterocycles. The molecule has 2 aromatic rings. The lowest BCUT2D eigenvalue weighted by Crippen LogP contribution is -2.11. The van der Waals surface area contributed by atoms with Crippen LogP contribution in [-0.4, -0.2) is 22.8 Å². The zero-order valence-corrected chi connectivity index (χ0v) is 11.3. The van der Waals surface area contributed by atoms with Crippen LogP contribution in [0.1, 0.15) is 19.4 Å². The first-order valence-electron chi connectivity index (χ1n) is 6.38. The van der Waals surface area contributed by atoms with Crippen molar-refractivity contribution in [3.8, 4) is 0 Å². The number of nitrogens with two attached hydrogens (primary N) is 1. The van der Waals surface area contributed by atoms with Gasteiger partial charge in [-0.3, -0.25) is 0 Å². The molecule has 0 fully saturated rings. The molecular weight excluding hydrogens is 226 g/mol. The summed E-state index contributed by atoms with van der Waals surface area (Å²) in [5, 5.41) is 0. The van der Waals surface area contributed by atoms with E-state index in [1.165, 1.54) is 5.56 Å². The van der Waals surface area contributed by atoms with E-state index in [0.29, 0.717) is 18.5 Å². The Morgan fingerprint density at radius 3 is 2.89 bits per heavy atom. The van der Waals surface area contributed by atoms with Crippen LogP contribution in [0.15, 0.2) is 18.2 Å². The number of imidazole rings is 1. The van der Waals surface area contributed by atoms with Crippen LogP contribution in [0.5, 0.6) is 0 Å². The van der Waals surface area contributed by atoms with Crippen molar-refractivity contribution in [2.45, 2.75) is 27.3 Å². The molecule has 0 amide bonds. The van der Waals surface area contributed by atoms with Crippen molar-refractivity contribution >= 4 is 17.0 Å². The Balaban J connectivity index is 2.12. The van der Waals surface area contributed by atoms with E-state index in [1.807, 2.05) is 16.7 Å². The van der Waals surface area contributed by atoms with Crippen molar-refractivity contribution in [3.63, 3.8) is 0 Å². The third kappa shape index (κ3) is 2.82. The van der Waals surface area contributed by atoms with Gasteiger partial charge in [0.1, 0.15) is 0 Å².